The van der Waals surface area contributed by atoms with E-state index in [1.165, 1.54) is 21.4 Å². The van der Waals surface area contributed by atoms with Crippen LogP contribution in [0.3, 0.4) is 0 Å². The molecule has 1 fully saturated rings. The highest BCUT2D eigenvalue weighted by molar-refractivity contribution is 7.89. The van der Waals surface area contributed by atoms with Crippen molar-refractivity contribution in [3.05, 3.63) is 24.3 Å². The minimum atomic E-state index is -4.67. The molecule has 2 N–H and O–H groups in total. The van der Waals surface area contributed by atoms with Gasteiger partial charge in [0.15, 0.2) is 0 Å². The molecule has 1 saturated heterocycles. The number of anilines is 1. The molecule has 2 aromatic rings. The largest absolute Gasteiger partial charge is 0.420 e. The van der Waals surface area contributed by atoms with E-state index in [0.29, 0.717) is 25.9 Å². The van der Waals surface area contributed by atoms with Gasteiger partial charge in [-0.25, -0.2) is 27.7 Å². The topological polar surface area (TPSA) is 113 Å². The second kappa shape index (κ2) is 8.94. The number of alkyl halides is 3. The van der Waals surface area contributed by atoms with Crippen molar-refractivity contribution in [2.75, 3.05) is 24.2 Å². The molecule has 3 heterocycles. The van der Waals surface area contributed by atoms with Gasteiger partial charge in [0.1, 0.15) is 17.0 Å². The maximum absolute atomic E-state index is 13.6. The summed E-state index contributed by atoms with van der Waals surface area (Å²) in [4.78, 5) is 12.0. The van der Waals surface area contributed by atoms with E-state index in [1.807, 2.05) is 0 Å². The van der Waals surface area contributed by atoms with E-state index < -0.39 is 27.4 Å². The van der Waals surface area contributed by atoms with E-state index in [1.54, 1.807) is 20.8 Å². The molecule has 1 aliphatic heterocycles. The number of hydrogen-bond acceptors (Lipinski definition) is 7. The predicted octanol–water partition coefficient (Wildman–Crippen LogP) is 2.36. The molecule has 0 bridgehead atoms. The molecule has 0 atom stereocenters. The summed E-state index contributed by atoms with van der Waals surface area (Å²) < 4.78 is 67.6. The Hall–Kier alpha value is -2.25. The average molecular weight is 477 g/mol. The van der Waals surface area contributed by atoms with Crippen molar-refractivity contribution in [1.82, 2.24) is 23.8 Å². The van der Waals surface area contributed by atoms with E-state index in [4.69, 9.17) is 0 Å². The molecule has 2 aromatic heterocycles. The lowest BCUT2D eigenvalue weighted by Gasteiger charge is -2.31. The Bertz CT molecular complexity index is 1040. The van der Waals surface area contributed by atoms with E-state index in [9.17, 15) is 26.7 Å². The van der Waals surface area contributed by atoms with Gasteiger partial charge < -0.3 is 15.0 Å². The van der Waals surface area contributed by atoms with E-state index in [0.717, 1.165) is 6.20 Å². The Balaban J connectivity index is 1.81. The van der Waals surface area contributed by atoms with Gasteiger partial charge >= 0.3 is 6.18 Å². The SMILES string of the molecule is CCS(=O)(=O)N1CCC(Nc2ncc(C(F)(F)F)c(-c3cn(CC(C)(C)O)cn3)n2)CC1. The summed E-state index contributed by atoms with van der Waals surface area (Å²) in [7, 11) is -3.27. The molecule has 178 valence electrons. The van der Waals surface area contributed by atoms with Crippen molar-refractivity contribution in [2.45, 2.75) is 58.0 Å². The van der Waals surface area contributed by atoms with Gasteiger partial charge in [-0.15, -0.1) is 0 Å². The molecule has 32 heavy (non-hydrogen) atoms. The van der Waals surface area contributed by atoms with Crippen molar-refractivity contribution in [1.29, 1.82) is 0 Å². The maximum Gasteiger partial charge on any atom is 0.420 e. The molecule has 0 amide bonds. The van der Waals surface area contributed by atoms with Crippen LogP contribution in [0.5, 0.6) is 0 Å². The minimum absolute atomic E-state index is 0.0101. The fourth-order valence-electron chi connectivity index (χ4n) is 3.51. The van der Waals surface area contributed by atoms with Crippen molar-refractivity contribution in [3.63, 3.8) is 0 Å². The Labute approximate surface area is 184 Å². The molecule has 0 saturated carbocycles. The standard InChI is InChI=1S/C19H27F3N6O3S/c1-4-32(30,31)28-7-5-13(6-8-28)25-17-23-9-14(19(20,21)22)16(26-17)15-10-27(12-24-15)11-18(2,3)29/h9-10,12-13,29H,4-8,11H2,1-3H3,(H,23,25,26). The predicted molar refractivity (Wildman–Crippen MR) is 112 cm³/mol. The van der Waals surface area contributed by atoms with Gasteiger partial charge in [0.25, 0.3) is 0 Å². The number of halogens is 3. The van der Waals surface area contributed by atoms with Gasteiger partial charge in [-0.2, -0.15) is 13.2 Å². The summed E-state index contributed by atoms with van der Waals surface area (Å²) in [6, 6.07) is -0.171. The van der Waals surface area contributed by atoms with Crippen molar-refractivity contribution >= 4 is 16.0 Å². The van der Waals surface area contributed by atoms with Crippen LogP contribution in [0.25, 0.3) is 11.4 Å². The fourth-order valence-corrected chi connectivity index (χ4v) is 4.65. The number of imidazole rings is 1. The normalized spacial score (nSPS) is 17.0. The van der Waals surface area contributed by atoms with Gasteiger partial charge in [-0.05, 0) is 33.6 Å². The number of rotatable bonds is 7. The summed E-state index contributed by atoms with van der Waals surface area (Å²) in [6.45, 7) is 5.54. The summed E-state index contributed by atoms with van der Waals surface area (Å²) in [5.41, 5.74) is -2.43. The van der Waals surface area contributed by atoms with E-state index in [-0.39, 0.29) is 35.7 Å². The maximum atomic E-state index is 13.6. The van der Waals surface area contributed by atoms with Crippen molar-refractivity contribution in [3.8, 4) is 11.4 Å². The van der Waals surface area contributed by atoms with Crippen LogP contribution >= 0.6 is 0 Å². The number of nitrogens with one attached hydrogen (secondary N) is 1. The fraction of sp³-hybridized carbons (Fsp3) is 0.632. The van der Waals surface area contributed by atoms with Crippen LogP contribution in [0.2, 0.25) is 0 Å². The van der Waals surface area contributed by atoms with Crippen LogP contribution in [0.15, 0.2) is 18.7 Å². The van der Waals surface area contributed by atoms with Gasteiger partial charge in [-0.1, -0.05) is 0 Å². The van der Waals surface area contributed by atoms with Crippen LogP contribution < -0.4 is 5.32 Å². The Morgan fingerprint density at radius 2 is 1.88 bits per heavy atom. The first-order valence-corrected chi connectivity index (χ1v) is 11.8. The number of hydrogen-bond donors (Lipinski definition) is 2. The number of aliphatic hydroxyl groups is 1. The zero-order valence-corrected chi connectivity index (χ0v) is 18.9. The van der Waals surface area contributed by atoms with Crippen LogP contribution in [-0.4, -0.2) is 67.8 Å². The second-order valence-corrected chi connectivity index (χ2v) is 10.7. The molecule has 0 aromatic carbocycles. The average Bonchev–Trinajstić information content (AvgIpc) is 3.14. The molecule has 13 heteroatoms. The number of nitrogens with zero attached hydrogens (tertiary/aromatic N) is 5. The van der Waals surface area contributed by atoms with Gasteiger partial charge in [0.05, 0.1) is 24.2 Å². The summed E-state index contributed by atoms with van der Waals surface area (Å²) in [5, 5.41) is 13.0. The van der Waals surface area contributed by atoms with Gasteiger partial charge in [0.2, 0.25) is 16.0 Å². The molecule has 0 spiro atoms. The lowest BCUT2D eigenvalue weighted by atomic mass is 10.1. The molecule has 0 aliphatic carbocycles. The lowest BCUT2D eigenvalue weighted by molar-refractivity contribution is -0.137. The third kappa shape index (κ3) is 5.95. The molecule has 9 nitrogen and oxygen atoms in total. The highest BCUT2D eigenvalue weighted by atomic mass is 32.2. The van der Waals surface area contributed by atoms with Crippen LogP contribution in [0.1, 0.15) is 39.2 Å². The first-order valence-electron chi connectivity index (χ1n) is 10.2. The Morgan fingerprint density at radius 1 is 1.22 bits per heavy atom. The highest BCUT2D eigenvalue weighted by Gasteiger charge is 2.36. The van der Waals surface area contributed by atoms with Crippen molar-refractivity contribution in [2.24, 2.45) is 0 Å². The minimum Gasteiger partial charge on any atom is -0.389 e. The van der Waals surface area contributed by atoms with Gasteiger partial charge in [-0.3, -0.25) is 0 Å². The highest BCUT2D eigenvalue weighted by Crippen LogP contribution is 2.35. The third-order valence-electron chi connectivity index (χ3n) is 5.08. The summed E-state index contributed by atoms with van der Waals surface area (Å²) in [5.74, 6) is 0.0400. The van der Waals surface area contributed by atoms with E-state index >= 15 is 0 Å². The number of sulfonamides is 1. The first-order chi connectivity index (χ1) is 14.8. The molecular weight excluding hydrogens is 449 g/mol. The smallest absolute Gasteiger partial charge is 0.389 e. The second-order valence-electron chi connectivity index (χ2n) is 8.42. The zero-order chi connectivity index (χ0) is 23.7. The van der Waals surface area contributed by atoms with Crippen LogP contribution in [0, 0.1) is 0 Å². The van der Waals surface area contributed by atoms with Crippen LogP contribution in [0.4, 0.5) is 19.1 Å². The first kappa shape index (κ1) is 24.4. The quantitative estimate of drug-likeness (QED) is 0.631. The molecule has 0 unspecified atom stereocenters. The zero-order valence-electron chi connectivity index (χ0n) is 18.1. The Morgan fingerprint density at radius 3 is 2.44 bits per heavy atom. The lowest BCUT2D eigenvalue weighted by Crippen LogP contribution is -2.43. The number of aromatic nitrogens is 4. The van der Waals surface area contributed by atoms with E-state index in [2.05, 4.69) is 20.3 Å². The summed E-state index contributed by atoms with van der Waals surface area (Å²) in [6.07, 6.45) is -0.248. The monoisotopic (exact) mass is 476 g/mol. The van der Waals surface area contributed by atoms with Crippen molar-refractivity contribution < 1.29 is 26.7 Å². The summed E-state index contributed by atoms with van der Waals surface area (Å²) >= 11 is 0. The van der Waals surface area contributed by atoms with Gasteiger partial charge in [0, 0.05) is 31.5 Å². The number of piperidine rings is 1. The molecular formula is C19H27F3N6O3S. The third-order valence-corrected chi connectivity index (χ3v) is 6.97. The van der Waals surface area contributed by atoms with Crippen LogP contribution in [-0.2, 0) is 22.7 Å². The molecule has 3 rings (SSSR count). The molecule has 1 aliphatic rings. The molecule has 0 radical (unpaired) electrons. The Kier molecular flexibility index (Phi) is 6.82.